The van der Waals surface area contributed by atoms with E-state index in [2.05, 4.69) is 10.1 Å². The Morgan fingerprint density at radius 3 is 2.52 bits per heavy atom. The fraction of sp³-hybridized carbons (Fsp3) is 0.158. The van der Waals surface area contributed by atoms with Crippen LogP contribution in [-0.4, -0.2) is 32.6 Å². The second kappa shape index (κ2) is 7.79. The number of non-ortho nitro benzene ring substituents is 1. The number of hydrogen-bond acceptors (Lipinski definition) is 5. The van der Waals surface area contributed by atoms with Crippen molar-refractivity contribution in [2.24, 2.45) is 4.99 Å². The molecule has 0 aliphatic heterocycles. The number of aliphatic imine (C=N–C) groups is 1. The van der Waals surface area contributed by atoms with E-state index in [4.69, 9.17) is 0 Å². The van der Waals surface area contributed by atoms with E-state index in [0.717, 1.165) is 5.56 Å². The fourth-order valence-electron chi connectivity index (χ4n) is 2.64. The van der Waals surface area contributed by atoms with Gasteiger partial charge in [0.15, 0.2) is 0 Å². The Morgan fingerprint density at radius 1 is 1.22 bits per heavy atom. The Balaban J connectivity index is 1.79. The quantitative estimate of drug-likeness (QED) is 0.396. The maximum absolute atomic E-state index is 12.6. The highest BCUT2D eigenvalue weighted by Gasteiger charge is 2.12. The Kier molecular flexibility index (Phi) is 5.28. The first-order valence-electron chi connectivity index (χ1n) is 8.26. The smallest absolute Gasteiger partial charge is 0.280 e. The standard InChI is InChI=1S/C19H18N4O4/c1-13-17(11-20-12-18(24)14-5-3-2-4-6-14)19(25)22(21-13)15-7-9-16(10-8-15)23(26)27/h2-11,18,21,24H,12H2,1H3/t18-/m0/s1. The summed E-state index contributed by atoms with van der Waals surface area (Å²) < 4.78 is 1.30. The summed E-state index contributed by atoms with van der Waals surface area (Å²) in [5.41, 5.74) is 1.84. The third kappa shape index (κ3) is 4.01. The summed E-state index contributed by atoms with van der Waals surface area (Å²) in [6.45, 7) is 1.86. The monoisotopic (exact) mass is 366 g/mol. The number of nitrogens with zero attached hydrogens (tertiary/aromatic N) is 3. The van der Waals surface area contributed by atoms with Crippen LogP contribution in [0.3, 0.4) is 0 Å². The number of H-pyrrole nitrogens is 1. The molecule has 2 N–H and O–H groups in total. The van der Waals surface area contributed by atoms with Crippen LogP contribution in [0.4, 0.5) is 5.69 Å². The molecule has 1 aromatic heterocycles. The lowest BCUT2D eigenvalue weighted by molar-refractivity contribution is -0.384. The number of aryl methyl sites for hydroxylation is 1. The van der Waals surface area contributed by atoms with Gasteiger partial charge in [-0.05, 0) is 24.6 Å². The Labute approximate surface area is 154 Å². The zero-order valence-electron chi connectivity index (χ0n) is 14.6. The number of benzene rings is 2. The molecule has 0 aliphatic rings. The number of hydrogen-bond donors (Lipinski definition) is 2. The van der Waals surface area contributed by atoms with E-state index in [0.29, 0.717) is 16.9 Å². The highest BCUT2D eigenvalue weighted by atomic mass is 16.6. The van der Waals surface area contributed by atoms with Crippen molar-refractivity contribution in [3.63, 3.8) is 0 Å². The van der Waals surface area contributed by atoms with Crippen LogP contribution in [0, 0.1) is 17.0 Å². The van der Waals surface area contributed by atoms with Gasteiger partial charge in [-0.2, -0.15) is 0 Å². The van der Waals surface area contributed by atoms with Crippen molar-refractivity contribution in [3.8, 4) is 5.69 Å². The third-order valence-electron chi connectivity index (χ3n) is 4.12. The molecule has 0 fully saturated rings. The predicted molar refractivity (Wildman–Crippen MR) is 102 cm³/mol. The lowest BCUT2D eigenvalue weighted by atomic mass is 10.1. The molecule has 0 unspecified atom stereocenters. The molecule has 0 radical (unpaired) electrons. The number of aromatic nitrogens is 2. The molecule has 0 aliphatic carbocycles. The highest BCUT2D eigenvalue weighted by Crippen LogP contribution is 2.15. The summed E-state index contributed by atoms with van der Waals surface area (Å²) in [7, 11) is 0. The number of aliphatic hydroxyl groups is 1. The molecule has 138 valence electrons. The first kappa shape index (κ1) is 18.3. The van der Waals surface area contributed by atoms with Crippen LogP contribution in [0.25, 0.3) is 5.69 Å². The van der Waals surface area contributed by atoms with Crippen LogP contribution in [-0.2, 0) is 0 Å². The maximum atomic E-state index is 12.6. The van der Waals surface area contributed by atoms with Gasteiger partial charge in [-0.1, -0.05) is 30.3 Å². The van der Waals surface area contributed by atoms with Crippen LogP contribution in [0.2, 0.25) is 0 Å². The van der Waals surface area contributed by atoms with Crippen LogP contribution in [0.15, 0.2) is 64.4 Å². The summed E-state index contributed by atoms with van der Waals surface area (Å²) in [4.78, 5) is 27.0. The van der Waals surface area contributed by atoms with Crippen molar-refractivity contribution in [1.82, 2.24) is 9.78 Å². The van der Waals surface area contributed by atoms with Gasteiger partial charge in [0.05, 0.1) is 28.8 Å². The Morgan fingerprint density at radius 2 is 1.89 bits per heavy atom. The van der Waals surface area contributed by atoms with Crippen LogP contribution < -0.4 is 5.56 Å². The molecule has 0 saturated carbocycles. The molecule has 8 nitrogen and oxygen atoms in total. The largest absolute Gasteiger partial charge is 0.386 e. The van der Waals surface area contributed by atoms with E-state index in [1.54, 1.807) is 6.92 Å². The minimum atomic E-state index is -0.751. The first-order valence-corrected chi connectivity index (χ1v) is 8.26. The van der Waals surface area contributed by atoms with Gasteiger partial charge < -0.3 is 5.11 Å². The van der Waals surface area contributed by atoms with E-state index >= 15 is 0 Å². The molecule has 8 heteroatoms. The molecule has 0 amide bonds. The topological polar surface area (TPSA) is 114 Å². The van der Waals surface area contributed by atoms with Gasteiger partial charge in [0.25, 0.3) is 11.2 Å². The molecule has 3 aromatic rings. The molecular weight excluding hydrogens is 348 g/mol. The van der Waals surface area contributed by atoms with E-state index < -0.39 is 11.0 Å². The minimum absolute atomic E-state index is 0.0493. The van der Waals surface area contributed by atoms with Crippen molar-refractivity contribution < 1.29 is 10.0 Å². The van der Waals surface area contributed by atoms with E-state index in [-0.39, 0.29) is 17.8 Å². The zero-order chi connectivity index (χ0) is 19.4. The number of aliphatic hydroxyl groups excluding tert-OH is 1. The molecule has 27 heavy (non-hydrogen) atoms. The Bertz CT molecular complexity index is 1020. The zero-order valence-corrected chi connectivity index (χ0v) is 14.6. The van der Waals surface area contributed by atoms with Crippen molar-refractivity contribution >= 4 is 11.9 Å². The normalized spacial score (nSPS) is 12.4. The highest BCUT2D eigenvalue weighted by molar-refractivity contribution is 5.80. The number of rotatable bonds is 6. The average Bonchev–Trinajstić information content (AvgIpc) is 2.97. The summed E-state index contributed by atoms with van der Waals surface area (Å²) >= 11 is 0. The van der Waals surface area contributed by atoms with E-state index in [9.17, 15) is 20.0 Å². The van der Waals surface area contributed by atoms with E-state index in [1.165, 1.54) is 35.2 Å². The molecule has 0 spiro atoms. The minimum Gasteiger partial charge on any atom is -0.386 e. The maximum Gasteiger partial charge on any atom is 0.280 e. The SMILES string of the molecule is Cc1[nH]n(-c2ccc([N+](=O)[O-])cc2)c(=O)c1C=NC[C@H](O)c1ccccc1. The summed E-state index contributed by atoms with van der Waals surface area (Å²) in [5.74, 6) is 0. The summed E-state index contributed by atoms with van der Waals surface area (Å²) in [6, 6.07) is 14.8. The van der Waals surface area contributed by atoms with Gasteiger partial charge in [-0.15, -0.1) is 0 Å². The first-order chi connectivity index (χ1) is 13.0. The second-order valence-corrected chi connectivity index (χ2v) is 5.99. The average molecular weight is 366 g/mol. The van der Waals surface area contributed by atoms with Crippen LogP contribution >= 0.6 is 0 Å². The van der Waals surface area contributed by atoms with Crippen molar-refractivity contribution in [1.29, 1.82) is 0 Å². The van der Waals surface area contributed by atoms with Crippen LogP contribution in [0.5, 0.6) is 0 Å². The fourth-order valence-corrected chi connectivity index (χ4v) is 2.64. The number of aromatic amines is 1. The molecule has 2 aromatic carbocycles. The Hall–Kier alpha value is -3.52. The number of nitrogens with one attached hydrogen (secondary N) is 1. The molecule has 0 bridgehead atoms. The molecule has 1 heterocycles. The van der Waals surface area contributed by atoms with Crippen molar-refractivity contribution in [3.05, 3.63) is 91.9 Å². The van der Waals surface area contributed by atoms with Crippen LogP contribution in [0.1, 0.15) is 22.9 Å². The predicted octanol–water partition coefficient (Wildman–Crippen LogP) is 2.53. The van der Waals surface area contributed by atoms with Gasteiger partial charge in [-0.25, -0.2) is 4.68 Å². The summed E-state index contributed by atoms with van der Waals surface area (Å²) in [6.07, 6.45) is 0.681. The second-order valence-electron chi connectivity index (χ2n) is 5.99. The number of nitro groups is 1. The summed E-state index contributed by atoms with van der Waals surface area (Å²) in [5, 5.41) is 23.8. The molecule has 1 atom stereocenters. The van der Waals surface area contributed by atoms with Crippen molar-refractivity contribution in [2.45, 2.75) is 13.0 Å². The van der Waals surface area contributed by atoms with Gasteiger partial charge in [-0.3, -0.25) is 25.0 Å². The van der Waals surface area contributed by atoms with Gasteiger partial charge in [0, 0.05) is 24.0 Å². The molecule has 0 saturated heterocycles. The lowest BCUT2D eigenvalue weighted by Gasteiger charge is -2.06. The third-order valence-corrected chi connectivity index (χ3v) is 4.12. The molecule has 3 rings (SSSR count). The van der Waals surface area contributed by atoms with E-state index in [1.807, 2.05) is 30.3 Å². The van der Waals surface area contributed by atoms with Gasteiger partial charge >= 0.3 is 0 Å². The van der Waals surface area contributed by atoms with Gasteiger partial charge in [0.2, 0.25) is 0 Å². The van der Waals surface area contributed by atoms with Crippen molar-refractivity contribution in [2.75, 3.05) is 6.54 Å². The number of nitro benzene ring substituents is 1. The molecular formula is C19H18N4O4. The van der Waals surface area contributed by atoms with Gasteiger partial charge in [0.1, 0.15) is 0 Å². The lowest BCUT2D eigenvalue weighted by Crippen LogP contribution is -2.17.